The second-order valence-corrected chi connectivity index (χ2v) is 3.88. The third-order valence-corrected chi connectivity index (χ3v) is 2.49. The van der Waals surface area contributed by atoms with Gasteiger partial charge >= 0.3 is 0 Å². The number of aldehydes is 1. The average molecular weight is 268 g/mol. The van der Waals surface area contributed by atoms with Crippen LogP contribution >= 0.6 is 0 Å². The van der Waals surface area contributed by atoms with E-state index >= 15 is 0 Å². The number of carbonyl (C=O) groups is 2. The second-order valence-electron chi connectivity index (χ2n) is 3.88. The number of nitrogens with zero attached hydrogens (tertiary/aromatic N) is 1. The lowest BCUT2D eigenvalue weighted by molar-refractivity contribution is -0.385. The summed E-state index contributed by atoms with van der Waals surface area (Å²) in [5, 5.41) is 30.0. The first-order valence-electron chi connectivity index (χ1n) is 5.24. The maximum atomic E-state index is 10.7. The summed E-state index contributed by atoms with van der Waals surface area (Å²) < 4.78 is 0. The number of hydrogen-bond acceptors (Lipinski definition) is 6. The van der Waals surface area contributed by atoms with Crippen molar-refractivity contribution in [3.63, 3.8) is 0 Å². The Kier molecular flexibility index (Phi) is 4.67. The van der Waals surface area contributed by atoms with Gasteiger partial charge in [-0.15, -0.1) is 0 Å². The summed E-state index contributed by atoms with van der Waals surface area (Å²) in [5.74, 6) is -0.814. The van der Waals surface area contributed by atoms with Crippen molar-refractivity contribution < 1.29 is 24.7 Å². The van der Waals surface area contributed by atoms with Crippen LogP contribution in [0, 0.1) is 10.1 Å². The highest BCUT2D eigenvalue weighted by atomic mass is 16.6. The Balaban J connectivity index is 3.07. The Bertz CT molecular complexity index is 516. The van der Waals surface area contributed by atoms with Crippen LogP contribution in [-0.4, -0.2) is 33.4 Å². The van der Waals surface area contributed by atoms with E-state index in [4.69, 9.17) is 5.73 Å². The summed E-state index contributed by atoms with van der Waals surface area (Å²) in [5.41, 5.74) is 4.25. The first-order chi connectivity index (χ1) is 8.86. The fourth-order valence-electron chi connectivity index (χ4n) is 1.54. The van der Waals surface area contributed by atoms with Gasteiger partial charge in [0.25, 0.3) is 5.69 Å². The SMILES string of the molecule is NC(=O)CC(O)C(O)c1ccc(C=O)c([N+](=O)[O-])c1. The molecule has 0 aliphatic heterocycles. The van der Waals surface area contributed by atoms with Gasteiger partial charge in [-0.2, -0.15) is 0 Å². The van der Waals surface area contributed by atoms with Gasteiger partial charge in [0.1, 0.15) is 6.10 Å². The Morgan fingerprint density at radius 2 is 2.11 bits per heavy atom. The van der Waals surface area contributed by atoms with Crippen molar-refractivity contribution >= 4 is 17.9 Å². The lowest BCUT2D eigenvalue weighted by atomic mass is 10.00. The fraction of sp³-hybridized carbons (Fsp3) is 0.273. The van der Waals surface area contributed by atoms with E-state index in [0.717, 1.165) is 12.1 Å². The smallest absolute Gasteiger partial charge is 0.280 e. The zero-order valence-corrected chi connectivity index (χ0v) is 9.72. The third-order valence-electron chi connectivity index (χ3n) is 2.49. The minimum Gasteiger partial charge on any atom is -0.390 e. The molecular formula is C11H12N2O6. The normalized spacial score (nSPS) is 13.6. The second kappa shape index (κ2) is 6.03. The predicted octanol–water partition coefficient (Wildman–Crippen LogP) is -0.323. The molecule has 4 N–H and O–H groups in total. The molecule has 0 aromatic heterocycles. The van der Waals surface area contributed by atoms with Crippen molar-refractivity contribution in [2.24, 2.45) is 5.73 Å². The maximum Gasteiger partial charge on any atom is 0.280 e. The van der Waals surface area contributed by atoms with Crippen LogP contribution in [0.1, 0.15) is 28.4 Å². The molecule has 0 spiro atoms. The van der Waals surface area contributed by atoms with E-state index in [-0.39, 0.29) is 11.1 Å². The molecule has 0 fully saturated rings. The highest BCUT2D eigenvalue weighted by molar-refractivity contribution is 5.81. The summed E-state index contributed by atoms with van der Waals surface area (Å²) in [4.78, 5) is 31.2. The minimum atomic E-state index is -1.51. The molecule has 0 aliphatic carbocycles. The van der Waals surface area contributed by atoms with Crippen LogP contribution in [0.5, 0.6) is 0 Å². The highest BCUT2D eigenvalue weighted by Crippen LogP contribution is 2.25. The van der Waals surface area contributed by atoms with Gasteiger partial charge in [0.2, 0.25) is 5.91 Å². The number of aliphatic hydroxyl groups is 2. The molecule has 0 aliphatic rings. The number of nitro benzene ring substituents is 1. The van der Waals surface area contributed by atoms with E-state index in [1.54, 1.807) is 0 Å². The van der Waals surface area contributed by atoms with Crippen LogP contribution in [0.2, 0.25) is 0 Å². The molecule has 1 amide bonds. The zero-order valence-electron chi connectivity index (χ0n) is 9.72. The molecule has 0 bridgehead atoms. The number of aliphatic hydroxyl groups excluding tert-OH is 2. The van der Waals surface area contributed by atoms with Crippen molar-refractivity contribution in [2.45, 2.75) is 18.6 Å². The molecule has 8 nitrogen and oxygen atoms in total. The minimum absolute atomic E-state index is 0.0195. The third kappa shape index (κ3) is 3.57. The van der Waals surface area contributed by atoms with E-state index < -0.39 is 35.1 Å². The quantitative estimate of drug-likeness (QED) is 0.366. The molecule has 0 radical (unpaired) electrons. The van der Waals surface area contributed by atoms with Crippen molar-refractivity contribution in [3.8, 4) is 0 Å². The number of amides is 1. The number of nitro groups is 1. The molecule has 1 aromatic rings. The van der Waals surface area contributed by atoms with Gasteiger partial charge in [0.05, 0.1) is 23.0 Å². The largest absolute Gasteiger partial charge is 0.390 e. The lowest BCUT2D eigenvalue weighted by Gasteiger charge is -2.16. The van der Waals surface area contributed by atoms with Gasteiger partial charge in [-0.3, -0.25) is 19.7 Å². The van der Waals surface area contributed by atoms with E-state index in [1.807, 2.05) is 0 Å². The summed E-state index contributed by atoms with van der Waals surface area (Å²) in [6.07, 6.45) is -3.15. The topological polar surface area (TPSA) is 144 Å². The Morgan fingerprint density at radius 3 is 2.58 bits per heavy atom. The number of primary amides is 1. The maximum absolute atomic E-state index is 10.7. The number of hydrogen-bond donors (Lipinski definition) is 3. The highest BCUT2D eigenvalue weighted by Gasteiger charge is 2.23. The van der Waals surface area contributed by atoms with E-state index in [2.05, 4.69) is 0 Å². The molecule has 2 atom stereocenters. The standard InChI is InChI=1S/C11H12N2O6/c12-10(16)4-9(15)11(17)6-1-2-7(5-14)8(3-6)13(18)19/h1-3,5,9,11,15,17H,4H2,(H2,12,16). The van der Waals surface area contributed by atoms with Crippen LogP contribution in [-0.2, 0) is 4.79 Å². The van der Waals surface area contributed by atoms with Gasteiger partial charge in [0.15, 0.2) is 6.29 Å². The van der Waals surface area contributed by atoms with E-state index in [0.29, 0.717) is 6.29 Å². The van der Waals surface area contributed by atoms with Gasteiger partial charge in [0, 0.05) is 6.07 Å². The molecule has 0 heterocycles. The Hall–Kier alpha value is -2.32. The van der Waals surface area contributed by atoms with E-state index in [1.165, 1.54) is 6.07 Å². The Morgan fingerprint density at radius 1 is 1.47 bits per heavy atom. The van der Waals surface area contributed by atoms with Crippen molar-refractivity contribution in [2.75, 3.05) is 0 Å². The van der Waals surface area contributed by atoms with Gasteiger partial charge in [-0.1, -0.05) is 6.07 Å². The molecule has 1 rings (SSSR count). The fourth-order valence-corrected chi connectivity index (χ4v) is 1.54. The average Bonchev–Trinajstić information content (AvgIpc) is 2.36. The Labute approximate surface area is 107 Å². The molecule has 1 aromatic carbocycles. The first-order valence-corrected chi connectivity index (χ1v) is 5.24. The van der Waals surface area contributed by atoms with Crippen LogP contribution in [0.15, 0.2) is 18.2 Å². The summed E-state index contributed by atoms with van der Waals surface area (Å²) in [6, 6.07) is 3.38. The molecule has 0 saturated heterocycles. The van der Waals surface area contributed by atoms with Crippen LogP contribution < -0.4 is 5.73 Å². The number of rotatable bonds is 6. The monoisotopic (exact) mass is 268 g/mol. The summed E-state index contributed by atoms with van der Waals surface area (Å²) in [7, 11) is 0. The number of benzene rings is 1. The van der Waals surface area contributed by atoms with Crippen LogP contribution in [0.3, 0.4) is 0 Å². The van der Waals surface area contributed by atoms with Gasteiger partial charge in [-0.05, 0) is 11.6 Å². The summed E-state index contributed by atoms with van der Waals surface area (Å²) >= 11 is 0. The van der Waals surface area contributed by atoms with Gasteiger partial charge in [-0.25, -0.2) is 0 Å². The van der Waals surface area contributed by atoms with Crippen molar-refractivity contribution in [1.82, 2.24) is 0 Å². The zero-order chi connectivity index (χ0) is 14.6. The van der Waals surface area contributed by atoms with Crippen molar-refractivity contribution in [3.05, 3.63) is 39.4 Å². The molecule has 19 heavy (non-hydrogen) atoms. The molecule has 2 unspecified atom stereocenters. The molecule has 0 saturated carbocycles. The predicted molar refractivity (Wildman–Crippen MR) is 63.3 cm³/mol. The van der Waals surface area contributed by atoms with Crippen LogP contribution in [0.4, 0.5) is 5.69 Å². The first kappa shape index (κ1) is 14.7. The summed E-state index contributed by atoms with van der Waals surface area (Å²) in [6.45, 7) is 0. The number of nitrogens with two attached hydrogens (primary N) is 1. The van der Waals surface area contributed by atoms with E-state index in [9.17, 15) is 29.9 Å². The number of carbonyl (C=O) groups excluding carboxylic acids is 2. The molecule has 8 heteroatoms. The molecular weight excluding hydrogens is 256 g/mol. The van der Waals surface area contributed by atoms with Crippen LogP contribution in [0.25, 0.3) is 0 Å². The van der Waals surface area contributed by atoms with Crippen molar-refractivity contribution in [1.29, 1.82) is 0 Å². The van der Waals surface area contributed by atoms with Gasteiger partial charge < -0.3 is 15.9 Å². The lowest BCUT2D eigenvalue weighted by Crippen LogP contribution is -2.25. The molecule has 102 valence electrons.